The molecule has 0 saturated carbocycles. The van der Waals surface area contributed by atoms with Gasteiger partial charge in [-0.25, -0.2) is 0 Å². The van der Waals surface area contributed by atoms with Crippen LogP contribution in [0, 0.1) is 5.92 Å². The van der Waals surface area contributed by atoms with Gasteiger partial charge in [0.1, 0.15) is 0 Å². The summed E-state index contributed by atoms with van der Waals surface area (Å²) in [6.45, 7) is 7.83. The maximum absolute atomic E-state index is 13.7. The van der Waals surface area contributed by atoms with Gasteiger partial charge >= 0.3 is 0 Å². The van der Waals surface area contributed by atoms with Gasteiger partial charge in [0.05, 0.1) is 19.3 Å². The summed E-state index contributed by atoms with van der Waals surface area (Å²) >= 11 is 5.77. The van der Waals surface area contributed by atoms with Crippen LogP contribution in [-0.4, -0.2) is 41.0 Å². The summed E-state index contributed by atoms with van der Waals surface area (Å²) in [7, 11) is 0. The van der Waals surface area contributed by atoms with Gasteiger partial charge in [-0.3, -0.25) is 9.69 Å². The fourth-order valence-corrected chi connectivity index (χ4v) is 7.32. The topological polar surface area (TPSA) is 48.0 Å². The van der Waals surface area contributed by atoms with Crippen LogP contribution in [0.25, 0.3) is 0 Å². The Hall–Kier alpha value is -2.54. The highest BCUT2D eigenvalue weighted by Crippen LogP contribution is 2.47. The molecule has 1 atom stereocenters. The summed E-state index contributed by atoms with van der Waals surface area (Å²) in [5.74, 6) is -0.144. The minimum absolute atomic E-state index is 0.0648. The number of nitrogens with zero attached hydrogens (tertiary/aromatic N) is 1. The molecule has 2 aromatic rings. The largest absolute Gasteiger partial charge is 0.452 e. The Morgan fingerprint density at radius 3 is 1.91 bits per heavy atom. The third-order valence-corrected chi connectivity index (χ3v) is 9.40. The molecule has 0 radical (unpaired) electrons. The molecular formula is C38H53NO4S. The average Bonchev–Trinajstić information content (AvgIpc) is 3.64. The van der Waals surface area contributed by atoms with E-state index in [4.69, 9.17) is 26.4 Å². The first kappa shape index (κ1) is 34.3. The zero-order chi connectivity index (χ0) is 31.3. The van der Waals surface area contributed by atoms with Crippen molar-refractivity contribution in [2.45, 2.75) is 122 Å². The summed E-state index contributed by atoms with van der Waals surface area (Å²) < 4.78 is 18.7. The number of carbonyl (C=O) groups is 1. The molecule has 1 amide bonds. The van der Waals surface area contributed by atoms with E-state index in [0.717, 1.165) is 75.7 Å². The van der Waals surface area contributed by atoms with Crippen LogP contribution in [0.4, 0.5) is 0 Å². The van der Waals surface area contributed by atoms with Gasteiger partial charge in [0.2, 0.25) is 5.91 Å². The smallest absolute Gasteiger partial charge is 0.267 e. The number of benzene rings is 2. The number of amides is 1. The normalized spacial score (nSPS) is 19.2. The summed E-state index contributed by atoms with van der Waals surface area (Å²) in [4.78, 5) is 15.5. The van der Waals surface area contributed by atoms with E-state index in [2.05, 4.69) is 57.2 Å². The van der Waals surface area contributed by atoms with Crippen molar-refractivity contribution in [3.8, 4) is 0 Å². The molecule has 0 aromatic heterocycles. The van der Waals surface area contributed by atoms with Crippen molar-refractivity contribution in [2.24, 2.45) is 5.92 Å². The molecule has 5 nitrogen and oxygen atoms in total. The number of thiocarbonyl (C=S) groups is 1. The highest BCUT2D eigenvalue weighted by atomic mass is 32.1. The average molecular weight is 620 g/mol. The number of ether oxygens (including phenoxy) is 3. The lowest BCUT2D eigenvalue weighted by Crippen LogP contribution is -2.49. The van der Waals surface area contributed by atoms with Crippen LogP contribution >= 0.6 is 12.2 Å². The lowest BCUT2D eigenvalue weighted by Gasteiger charge is -2.38. The molecule has 0 spiro atoms. The van der Waals surface area contributed by atoms with E-state index < -0.39 is 5.60 Å². The van der Waals surface area contributed by atoms with E-state index in [9.17, 15) is 4.79 Å². The Morgan fingerprint density at radius 2 is 1.36 bits per heavy atom. The standard InChI is InChI=1S/C38H53NO4S/c1-4-5-6-11-20-27-37(41-29-30-42-37)28-21-12-9-7-8-10-19-26-34(40)39-35(31(2)3)38(43-36(39)44,32-22-15-13-16-23-32)33-24-17-14-18-25-33/h4-5,13-18,22-25,31,35H,6-12,19-21,26-30H2,1-3H3/b5-4+/t35-/m0/s1. The van der Waals surface area contributed by atoms with E-state index in [0.29, 0.717) is 6.42 Å². The quantitative estimate of drug-likeness (QED) is 0.0945. The third kappa shape index (κ3) is 8.58. The van der Waals surface area contributed by atoms with Crippen LogP contribution in [0.15, 0.2) is 72.8 Å². The molecule has 0 unspecified atom stereocenters. The summed E-state index contributed by atoms with van der Waals surface area (Å²) in [6, 6.07) is 20.2. The molecule has 2 aliphatic rings. The lowest BCUT2D eigenvalue weighted by molar-refractivity contribution is -0.168. The zero-order valence-electron chi connectivity index (χ0n) is 27.2. The van der Waals surface area contributed by atoms with Crippen molar-refractivity contribution in [3.05, 3.63) is 83.9 Å². The molecule has 0 bridgehead atoms. The molecule has 2 aliphatic heterocycles. The second-order valence-corrected chi connectivity index (χ2v) is 13.0. The van der Waals surface area contributed by atoms with E-state index in [1.165, 1.54) is 25.7 Å². The molecule has 2 heterocycles. The fraction of sp³-hybridized carbons (Fsp3) is 0.579. The molecule has 2 aromatic carbocycles. The Bertz CT molecular complexity index is 1140. The summed E-state index contributed by atoms with van der Waals surface area (Å²) in [5, 5.41) is 0.284. The SMILES string of the molecule is C/C=C/CCCCC1(CCCCCCCCCC(=O)N2C(=S)OC(c3ccccc3)(c3ccccc3)[C@@H]2C(C)C)OCCO1. The minimum atomic E-state index is -0.830. The number of rotatable bonds is 18. The molecule has 4 rings (SSSR count). The first-order valence-corrected chi connectivity index (χ1v) is 17.4. The second-order valence-electron chi connectivity index (χ2n) is 12.7. The number of hydrogen-bond acceptors (Lipinski definition) is 5. The van der Waals surface area contributed by atoms with Gasteiger partial charge in [0.25, 0.3) is 5.17 Å². The van der Waals surface area contributed by atoms with Crippen molar-refractivity contribution in [1.29, 1.82) is 0 Å². The molecule has 240 valence electrons. The van der Waals surface area contributed by atoms with Gasteiger partial charge in [-0.05, 0) is 57.2 Å². The molecule has 2 fully saturated rings. The molecule has 0 N–H and O–H groups in total. The van der Waals surface area contributed by atoms with Crippen LogP contribution < -0.4 is 0 Å². The van der Waals surface area contributed by atoms with Gasteiger partial charge in [-0.15, -0.1) is 0 Å². The maximum atomic E-state index is 13.7. The first-order valence-electron chi connectivity index (χ1n) is 17.0. The minimum Gasteiger partial charge on any atom is -0.452 e. The molecule has 0 aliphatic carbocycles. The van der Waals surface area contributed by atoms with E-state index >= 15 is 0 Å². The molecule has 44 heavy (non-hydrogen) atoms. The van der Waals surface area contributed by atoms with Gasteiger partial charge < -0.3 is 14.2 Å². The predicted molar refractivity (Wildman–Crippen MR) is 182 cm³/mol. The Balaban J connectivity index is 1.23. The zero-order valence-corrected chi connectivity index (χ0v) is 28.0. The van der Waals surface area contributed by atoms with Gasteiger partial charge in [0.15, 0.2) is 11.4 Å². The third-order valence-electron chi connectivity index (χ3n) is 9.12. The van der Waals surface area contributed by atoms with Gasteiger partial charge in [-0.1, -0.05) is 119 Å². The number of hydrogen-bond donors (Lipinski definition) is 0. The Labute approximate surface area is 271 Å². The summed E-state index contributed by atoms with van der Waals surface area (Å²) in [5.41, 5.74) is 1.20. The van der Waals surface area contributed by atoms with E-state index in [-0.39, 0.29) is 28.8 Å². The Kier molecular flexibility index (Phi) is 13.4. The number of allylic oxidation sites excluding steroid dienone is 2. The van der Waals surface area contributed by atoms with Gasteiger partial charge in [-0.2, -0.15) is 0 Å². The lowest BCUT2D eigenvalue weighted by atomic mass is 9.75. The van der Waals surface area contributed by atoms with Crippen LogP contribution in [0.3, 0.4) is 0 Å². The fourth-order valence-electron chi connectivity index (χ4n) is 6.97. The maximum Gasteiger partial charge on any atom is 0.267 e. The van der Waals surface area contributed by atoms with Crippen LogP contribution in [0.5, 0.6) is 0 Å². The second kappa shape index (κ2) is 17.2. The molecular weight excluding hydrogens is 566 g/mol. The van der Waals surface area contributed by atoms with Crippen LogP contribution in [-0.2, 0) is 24.6 Å². The van der Waals surface area contributed by atoms with Crippen molar-refractivity contribution >= 4 is 23.3 Å². The molecule has 6 heteroatoms. The van der Waals surface area contributed by atoms with Crippen molar-refractivity contribution in [1.82, 2.24) is 4.90 Å². The summed E-state index contributed by atoms with van der Waals surface area (Å²) in [6.07, 6.45) is 18.1. The highest BCUT2D eigenvalue weighted by molar-refractivity contribution is 7.80. The first-order chi connectivity index (χ1) is 21.4. The monoisotopic (exact) mass is 619 g/mol. The highest BCUT2D eigenvalue weighted by Gasteiger charge is 2.57. The van der Waals surface area contributed by atoms with Crippen molar-refractivity contribution in [2.75, 3.05) is 13.2 Å². The number of unbranched alkanes of at least 4 members (excludes halogenated alkanes) is 8. The van der Waals surface area contributed by atoms with E-state index in [1.54, 1.807) is 4.90 Å². The van der Waals surface area contributed by atoms with Crippen LogP contribution in [0.2, 0.25) is 0 Å². The predicted octanol–water partition coefficient (Wildman–Crippen LogP) is 9.49. The van der Waals surface area contributed by atoms with E-state index in [1.807, 2.05) is 36.4 Å². The number of carbonyl (C=O) groups excluding carboxylic acids is 1. The molecule has 2 saturated heterocycles. The van der Waals surface area contributed by atoms with Crippen LogP contribution in [0.1, 0.15) is 115 Å². The van der Waals surface area contributed by atoms with Crippen molar-refractivity contribution in [3.63, 3.8) is 0 Å². The Morgan fingerprint density at radius 1 is 0.841 bits per heavy atom. The van der Waals surface area contributed by atoms with Crippen molar-refractivity contribution < 1.29 is 19.0 Å². The van der Waals surface area contributed by atoms with Gasteiger partial charge in [0, 0.05) is 30.4 Å².